The van der Waals surface area contributed by atoms with Crippen molar-refractivity contribution in [1.29, 1.82) is 0 Å². The van der Waals surface area contributed by atoms with E-state index >= 15 is 0 Å². The summed E-state index contributed by atoms with van der Waals surface area (Å²) in [6.07, 6.45) is 1.96. The molecule has 4 heteroatoms. The average Bonchev–Trinajstić information content (AvgIpc) is 2.40. The van der Waals surface area contributed by atoms with Gasteiger partial charge in [-0.25, -0.2) is 0 Å². The van der Waals surface area contributed by atoms with Crippen LogP contribution in [0.3, 0.4) is 0 Å². The van der Waals surface area contributed by atoms with E-state index in [0.29, 0.717) is 12.1 Å². The summed E-state index contributed by atoms with van der Waals surface area (Å²) < 4.78 is 5.99. The maximum absolute atomic E-state index is 12.0. The van der Waals surface area contributed by atoms with E-state index in [-0.39, 0.29) is 5.78 Å². The highest BCUT2D eigenvalue weighted by Crippen LogP contribution is 2.25. The molecule has 2 aromatic rings. The average molecular weight is 306 g/mol. The third-order valence-corrected chi connectivity index (χ3v) is 3.15. The molecule has 0 spiro atoms. The number of carbonyl (C=O) groups excluding carboxylic acids is 1. The maximum atomic E-state index is 12.0. The number of aromatic nitrogens is 1. The molecule has 0 N–H and O–H groups in total. The minimum Gasteiger partial charge on any atom is -0.496 e. The van der Waals surface area contributed by atoms with Crippen LogP contribution in [0.1, 0.15) is 16.1 Å². The van der Waals surface area contributed by atoms with Crippen LogP contribution in [0, 0.1) is 0 Å². The summed E-state index contributed by atoms with van der Waals surface area (Å²) >= 11 is 3.40. The van der Waals surface area contributed by atoms with Gasteiger partial charge in [-0.15, -0.1) is 0 Å². The zero-order valence-electron chi connectivity index (χ0n) is 9.89. The molecule has 92 valence electrons. The van der Waals surface area contributed by atoms with Crippen molar-refractivity contribution in [2.24, 2.45) is 0 Å². The molecule has 0 fully saturated rings. The summed E-state index contributed by atoms with van der Waals surface area (Å²) in [5, 5.41) is 0. The van der Waals surface area contributed by atoms with E-state index in [2.05, 4.69) is 20.9 Å². The van der Waals surface area contributed by atoms with Crippen molar-refractivity contribution in [3.05, 3.63) is 58.3 Å². The molecule has 0 unspecified atom stereocenters. The van der Waals surface area contributed by atoms with E-state index in [4.69, 9.17) is 4.74 Å². The molecule has 0 radical (unpaired) electrons. The molecule has 1 heterocycles. The molecule has 0 atom stereocenters. The van der Waals surface area contributed by atoms with E-state index < -0.39 is 0 Å². The predicted molar refractivity (Wildman–Crippen MR) is 73.0 cm³/mol. The lowest BCUT2D eigenvalue weighted by atomic mass is 10.1. The van der Waals surface area contributed by atoms with Crippen LogP contribution in [0.5, 0.6) is 5.75 Å². The van der Waals surface area contributed by atoms with Crippen molar-refractivity contribution in [2.45, 2.75) is 6.42 Å². The fourth-order valence-electron chi connectivity index (χ4n) is 1.62. The smallest absolute Gasteiger partial charge is 0.185 e. The molecule has 1 aromatic carbocycles. The maximum Gasteiger partial charge on any atom is 0.185 e. The number of carbonyl (C=O) groups is 1. The van der Waals surface area contributed by atoms with Gasteiger partial charge in [0.1, 0.15) is 11.4 Å². The molecular formula is C14H12BrNO2. The second kappa shape index (κ2) is 5.78. The molecular weight excluding hydrogens is 294 g/mol. The van der Waals surface area contributed by atoms with Crippen LogP contribution < -0.4 is 4.74 Å². The number of nitrogens with zero attached hydrogens (tertiary/aromatic N) is 1. The van der Waals surface area contributed by atoms with Crippen molar-refractivity contribution >= 4 is 21.7 Å². The summed E-state index contributed by atoms with van der Waals surface area (Å²) in [7, 11) is 1.61. The Morgan fingerprint density at radius 1 is 1.33 bits per heavy atom. The van der Waals surface area contributed by atoms with Crippen LogP contribution in [0.15, 0.2) is 47.1 Å². The van der Waals surface area contributed by atoms with E-state index in [0.717, 1.165) is 15.8 Å². The lowest BCUT2D eigenvalue weighted by Crippen LogP contribution is -2.05. The molecule has 0 amide bonds. The number of rotatable bonds is 4. The summed E-state index contributed by atoms with van der Waals surface area (Å²) in [4.78, 5) is 16.0. The number of methoxy groups -OCH3 is 1. The first-order chi connectivity index (χ1) is 8.70. The normalized spacial score (nSPS) is 10.1. The van der Waals surface area contributed by atoms with Crippen LogP contribution in [-0.4, -0.2) is 17.9 Å². The third kappa shape index (κ3) is 2.96. The van der Waals surface area contributed by atoms with Crippen LogP contribution >= 0.6 is 15.9 Å². The highest BCUT2D eigenvalue weighted by Gasteiger charge is 2.09. The molecule has 0 saturated carbocycles. The Balaban J connectivity index is 2.15. The SMILES string of the molecule is COc1ccc(CC(=O)c2ccccn2)cc1Br. The Morgan fingerprint density at radius 3 is 2.78 bits per heavy atom. The molecule has 3 nitrogen and oxygen atoms in total. The quantitative estimate of drug-likeness (QED) is 0.814. The van der Waals surface area contributed by atoms with Gasteiger partial charge in [0.05, 0.1) is 11.6 Å². The lowest BCUT2D eigenvalue weighted by molar-refractivity contribution is 0.0988. The Bertz CT molecular complexity index is 555. The van der Waals surface area contributed by atoms with Crippen molar-refractivity contribution in [3.63, 3.8) is 0 Å². The molecule has 2 rings (SSSR count). The molecule has 18 heavy (non-hydrogen) atoms. The van der Waals surface area contributed by atoms with Gasteiger partial charge in [-0.2, -0.15) is 0 Å². The molecule has 0 aliphatic rings. The molecule has 1 aromatic heterocycles. The zero-order chi connectivity index (χ0) is 13.0. The first-order valence-electron chi connectivity index (χ1n) is 5.47. The number of pyridine rings is 1. The topological polar surface area (TPSA) is 39.2 Å². The first kappa shape index (κ1) is 12.8. The number of hydrogen-bond acceptors (Lipinski definition) is 3. The summed E-state index contributed by atoms with van der Waals surface area (Å²) in [5.74, 6) is 0.761. The van der Waals surface area contributed by atoms with Crippen molar-refractivity contribution in [2.75, 3.05) is 7.11 Å². The number of halogens is 1. The van der Waals surface area contributed by atoms with Gasteiger partial charge in [-0.3, -0.25) is 9.78 Å². The zero-order valence-corrected chi connectivity index (χ0v) is 11.5. The third-order valence-electron chi connectivity index (χ3n) is 2.53. The standard InChI is InChI=1S/C14H12BrNO2/c1-18-14-6-5-10(8-11(14)15)9-13(17)12-4-2-3-7-16-12/h2-8H,9H2,1H3. The van der Waals surface area contributed by atoms with Crippen LogP contribution in [0.4, 0.5) is 0 Å². The minimum absolute atomic E-state index is 0.00710. The highest BCUT2D eigenvalue weighted by atomic mass is 79.9. The Morgan fingerprint density at radius 2 is 2.17 bits per heavy atom. The van der Waals surface area contributed by atoms with Gasteiger partial charge in [-0.1, -0.05) is 12.1 Å². The molecule has 0 bridgehead atoms. The van der Waals surface area contributed by atoms with Gasteiger partial charge in [0.15, 0.2) is 5.78 Å². The minimum atomic E-state index is 0.00710. The molecule has 0 aliphatic carbocycles. The van der Waals surface area contributed by atoms with Gasteiger partial charge in [0.25, 0.3) is 0 Å². The van der Waals surface area contributed by atoms with Crippen molar-refractivity contribution < 1.29 is 9.53 Å². The number of Topliss-reactive ketones (excluding diaryl/α,β-unsaturated/α-hetero) is 1. The highest BCUT2D eigenvalue weighted by molar-refractivity contribution is 9.10. The summed E-state index contributed by atoms with van der Waals surface area (Å²) in [6, 6.07) is 10.9. The number of ketones is 1. The number of ether oxygens (including phenoxy) is 1. The van der Waals surface area contributed by atoms with Crippen molar-refractivity contribution in [1.82, 2.24) is 4.98 Å². The van der Waals surface area contributed by atoms with Crippen LogP contribution in [0.25, 0.3) is 0 Å². The monoisotopic (exact) mass is 305 g/mol. The second-order valence-electron chi connectivity index (χ2n) is 3.78. The first-order valence-corrected chi connectivity index (χ1v) is 6.26. The second-order valence-corrected chi connectivity index (χ2v) is 4.64. The lowest BCUT2D eigenvalue weighted by Gasteiger charge is -2.05. The fourth-order valence-corrected chi connectivity index (χ4v) is 2.21. The van der Waals surface area contributed by atoms with Crippen LogP contribution in [-0.2, 0) is 6.42 Å². The van der Waals surface area contributed by atoms with E-state index in [1.54, 1.807) is 25.4 Å². The predicted octanol–water partition coefficient (Wildman–Crippen LogP) is 3.28. The van der Waals surface area contributed by atoms with Crippen LogP contribution in [0.2, 0.25) is 0 Å². The number of hydrogen-bond donors (Lipinski definition) is 0. The van der Waals surface area contributed by atoms with Gasteiger partial charge in [0.2, 0.25) is 0 Å². The van der Waals surface area contributed by atoms with Gasteiger partial charge >= 0.3 is 0 Å². The number of benzene rings is 1. The summed E-state index contributed by atoms with van der Waals surface area (Å²) in [6.45, 7) is 0. The van der Waals surface area contributed by atoms with Gasteiger partial charge in [0, 0.05) is 12.6 Å². The van der Waals surface area contributed by atoms with E-state index in [1.165, 1.54) is 0 Å². The van der Waals surface area contributed by atoms with Crippen molar-refractivity contribution in [3.8, 4) is 5.75 Å². The van der Waals surface area contributed by atoms with Gasteiger partial charge in [-0.05, 0) is 45.8 Å². The summed E-state index contributed by atoms with van der Waals surface area (Å²) in [5.41, 5.74) is 1.42. The fraction of sp³-hybridized carbons (Fsp3) is 0.143. The Labute approximate surface area is 114 Å². The largest absolute Gasteiger partial charge is 0.496 e. The van der Waals surface area contributed by atoms with E-state index in [1.807, 2.05) is 24.3 Å². The Hall–Kier alpha value is -1.68. The van der Waals surface area contributed by atoms with Gasteiger partial charge < -0.3 is 4.74 Å². The molecule has 0 saturated heterocycles. The Kier molecular flexibility index (Phi) is 4.10. The molecule has 0 aliphatic heterocycles. The van der Waals surface area contributed by atoms with E-state index in [9.17, 15) is 4.79 Å².